The molecule has 0 saturated heterocycles. The topological polar surface area (TPSA) is 91.3 Å². The zero-order valence-corrected chi connectivity index (χ0v) is 15.3. The molecule has 1 aliphatic rings. The Morgan fingerprint density at radius 1 is 1.04 bits per heavy atom. The number of esters is 2. The lowest BCUT2D eigenvalue weighted by Crippen LogP contribution is -2.09. The highest BCUT2D eigenvalue weighted by Gasteiger charge is 2.36. The lowest BCUT2D eigenvalue weighted by Gasteiger charge is -2.12. The third kappa shape index (κ3) is 3.83. The molecule has 1 heterocycles. The molecule has 28 heavy (non-hydrogen) atoms. The minimum Gasteiger partial charge on any atom is -0.499 e. The van der Waals surface area contributed by atoms with Gasteiger partial charge in [0.15, 0.2) is 5.76 Å². The van der Waals surface area contributed by atoms with E-state index in [1.807, 2.05) is 30.3 Å². The molecule has 7 heteroatoms. The molecule has 0 spiro atoms. The van der Waals surface area contributed by atoms with Crippen LogP contribution in [-0.2, 0) is 30.4 Å². The Kier molecular flexibility index (Phi) is 5.64. The fourth-order valence-corrected chi connectivity index (χ4v) is 2.64. The molecule has 2 aromatic carbocycles. The molecule has 0 bridgehead atoms. The number of carbonyl (C=O) groups excluding carboxylic acids is 2. The van der Waals surface area contributed by atoms with Gasteiger partial charge in [-0.15, -0.1) is 0 Å². The number of rotatable bonds is 6. The number of carbonyl (C=O) groups is 2. The van der Waals surface area contributed by atoms with Gasteiger partial charge in [0, 0.05) is 0 Å². The first-order valence-corrected chi connectivity index (χ1v) is 8.34. The van der Waals surface area contributed by atoms with E-state index in [1.54, 1.807) is 24.3 Å². The van der Waals surface area contributed by atoms with Crippen LogP contribution in [0.4, 0.5) is 0 Å². The van der Waals surface area contributed by atoms with E-state index < -0.39 is 17.7 Å². The maximum absolute atomic E-state index is 12.3. The summed E-state index contributed by atoms with van der Waals surface area (Å²) < 4.78 is 20.5. The Bertz CT molecular complexity index is 940. The summed E-state index contributed by atoms with van der Waals surface area (Å²) in [4.78, 5) is 24.0. The van der Waals surface area contributed by atoms with E-state index in [1.165, 1.54) is 14.2 Å². The smallest absolute Gasteiger partial charge is 0.383 e. The Morgan fingerprint density at radius 3 is 2.32 bits per heavy atom. The number of aliphatic hydroxyl groups excluding tert-OH is 1. The Balaban J connectivity index is 1.89. The second kappa shape index (κ2) is 8.30. The lowest BCUT2D eigenvalue weighted by molar-refractivity contribution is -0.136. The Morgan fingerprint density at radius 2 is 1.71 bits per heavy atom. The predicted molar refractivity (Wildman–Crippen MR) is 98.9 cm³/mol. The van der Waals surface area contributed by atoms with Crippen molar-refractivity contribution in [1.29, 1.82) is 0 Å². The monoisotopic (exact) mass is 382 g/mol. The van der Waals surface area contributed by atoms with Crippen molar-refractivity contribution >= 4 is 17.5 Å². The van der Waals surface area contributed by atoms with Crippen molar-refractivity contribution in [2.45, 2.75) is 6.61 Å². The Hall–Kier alpha value is -3.74. The van der Waals surface area contributed by atoms with Crippen LogP contribution in [0, 0.1) is 0 Å². The highest BCUT2D eigenvalue weighted by atomic mass is 16.6. The standard InChI is InChI=1S/C21H18O7/c1-25-19-17(22)21(24)28-18(19)16(20(23)26-2)14-8-10-15(11-9-14)27-12-13-6-4-3-5-7-13/h3-11,22H,12H2,1-2H3/b18-16+. The summed E-state index contributed by atoms with van der Waals surface area (Å²) in [5.41, 5.74) is 1.38. The molecule has 0 radical (unpaired) electrons. The van der Waals surface area contributed by atoms with Gasteiger partial charge in [-0.1, -0.05) is 42.5 Å². The third-order valence-electron chi connectivity index (χ3n) is 4.02. The number of benzene rings is 2. The zero-order chi connectivity index (χ0) is 20.1. The van der Waals surface area contributed by atoms with Crippen LogP contribution >= 0.6 is 0 Å². The van der Waals surface area contributed by atoms with E-state index in [0.29, 0.717) is 17.9 Å². The summed E-state index contributed by atoms with van der Waals surface area (Å²) in [6.07, 6.45) is 0. The van der Waals surface area contributed by atoms with Crippen LogP contribution < -0.4 is 4.74 Å². The molecule has 144 valence electrons. The van der Waals surface area contributed by atoms with Gasteiger partial charge in [-0.05, 0) is 23.3 Å². The summed E-state index contributed by atoms with van der Waals surface area (Å²) in [6.45, 7) is 0.396. The van der Waals surface area contributed by atoms with Crippen LogP contribution in [0.25, 0.3) is 5.57 Å². The van der Waals surface area contributed by atoms with Crippen LogP contribution in [0.5, 0.6) is 5.75 Å². The first kappa shape index (κ1) is 19.0. The van der Waals surface area contributed by atoms with Crippen molar-refractivity contribution in [3.8, 4) is 5.75 Å². The molecule has 0 fully saturated rings. The summed E-state index contributed by atoms with van der Waals surface area (Å²) in [6, 6.07) is 16.3. The maximum Gasteiger partial charge on any atom is 0.383 e. The van der Waals surface area contributed by atoms with Gasteiger partial charge in [0.25, 0.3) is 0 Å². The highest BCUT2D eigenvalue weighted by Crippen LogP contribution is 2.33. The van der Waals surface area contributed by atoms with Gasteiger partial charge in [-0.2, -0.15) is 0 Å². The van der Waals surface area contributed by atoms with Crippen molar-refractivity contribution in [3.63, 3.8) is 0 Å². The molecule has 0 aliphatic carbocycles. The van der Waals surface area contributed by atoms with Gasteiger partial charge in [-0.25, -0.2) is 9.59 Å². The number of hydrogen-bond donors (Lipinski definition) is 1. The molecule has 1 N–H and O–H groups in total. The second-order valence-electron chi connectivity index (χ2n) is 5.77. The molecule has 7 nitrogen and oxygen atoms in total. The van der Waals surface area contributed by atoms with E-state index in [-0.39, 0.29) is 17.1 Å². The van der Waals surface area contributed by atoms with E-state index in [4.69, 9.17) is 18.9 Å². The van der Waals surface area contributed by atoms with Crippen molar-refractivity contribution in [2.24, 2.45) is 0 Å². The normalized spacial score (nSPS) is 15.1. The first-order valence-electron chi connectivity index (χ1n) is 8.34. The number of ether oxygens (including phenoxy) is 4. The van der Waals surface area contributed by atoms with Gasteiger partial charge in [0.1, 0.15) is 17.9 Å². The molecule has 0 saturated carbocycles. The number of hydrogen-bond acceptors (Lipinski definition) is 7. The third-order valence-corrected chi connectivity index (χ3v) is 4.02. The fraction of sp³-hybridized carbons (Fsp3) is 0.143. The minimum atomic E-state index is -1.00. The molecule has 3 rings (SSSR count). The lowest BCUT2D eigenvalue weighted by atomic mass is 10.0. The van der Waals surface area contributed by atoms with Crippen LogP contribution in [0.1, 0.15) is 11.1 Å². The van der Waals surface area contributed by atoms with Crippen molar-refractivity contribution in [2.75, 3.05) is 14.2 Å². The van der Waals surface area contributed by atoms with Gasteiger partial charge >= 0.3 is 11.9 Å². The maximum atomic E-state index is 12.3. The molecule has 2 aromatic rings. The van der Waals surface area contributed by atoms with Crippen molar-refractivity contribution in [1.82, 2.24) is 0 Å². The quantitative estimate of drug-likeness (QED) is 0.606. The van der Waals surface area contributed by atoms with Crippen LogP contribution in [0.3, 0.4) is 0 Å². The summed E-state index contributed by atoms with van der Waals surface area (Å²) in [5.74, 6) is -2.29. The molecule has 0 amide bonds. The molecule has 0 atom stereocenters. The molecule has 0 unspecified atom stereocenters. The second-order valence-corrected chi connectivity index (χ2v) is 5.77. The number of cyclic esters (lactones) is 1. The average Bonchev–Trinajstić information content (AvgIpc) is 3.01. The van der Waals surface area contributed by atoms with Crippen molar-refractivity contribution < 1.29 is 33.6 Å². The molecule has 1 aliphatic heterocycles. The summed E-state index contributed by atoms with van der Waals surface area (Å²) in [7, 11) is 2.45. The van der Waals surface area contributed by atoms with E-state index in [0.717, 1.165) is 5.56 Å². The summed E-state index contributed by atoms with van der Waals surface area (Å²) >= 11 is 0. The van der Waals surface area contributed by atoms with Gasteiger partial charge in [0.05, 0.1) is 14.2 Å². The first-order chi connectivity index (χ1) is 13.5. The SMILES string of the molecule is COC(=O)/C(=C1/OC(=O)C(O)=C1OC)c1ccc(OCc2ccccc2)cc1. The minimum absolute atomic E-state index is 0.0497. The number of methoxy groups -OCH3 is 2. The molecular weight excluding hydrogens is 364 g/mol. The van der Waals surface area contributed by atoms with Gasteiger partial charge in [-0.3, -0.25) is 0 Å². The number of aliphatic hydroxyl groups is 1. The van der Waals surface area contributed by atoms with Crippen LogP contribution in [0.15, 0.2) is 71.9 Å². The van der Waals surface area contributed by atoms with E-state index in [9.17, 15) is 14.7 Å². The molecule has 0 aromatic heterocycles. The molecular formula is C21H18O7. The van der Waals surface area contributed by atoms with E-state index in [2.05, 4.69) is 0 Å². The average molecular weight is 382 g/mol. The largest absolute Gasteiger partial charge is 0.499 e. The highest BCUT2D eigenvalue weighted by molar-refractivity contribution is 6.19. The van der Waals surface area contributed by atoms with Gasteiger partial charge < -0.3 is 24.1 Å². The van der Waals surface area contributed by atoms with Crippen LogP contribution in [0.2, 0.25) is 0 Å². The Labute approximate surface area is 161 Å². The summed E-state index contributed by atoms with van der Waals surface area (Å²) in [5, 5.41) is 9.77. The van der Waals surface area contributed by atoms with Crippen molar-refractivity contribution in [3.05, 3.63) is 83.0 Å². The van der Waals surface area contributed by atoms with Crippen LogP contribution in [-0.4, -0.2) is 31.3 Å². The predicted octanol–water partition coefficient (Wildman–Crippen LogP) is 3.12. The fourth-order valence-electron chi connectivity index (χ4n) is 2.64. The van der Waals surface area contributed by atoms with E-state index >= 15 is 0 Å². The zero-order valence-electron chi connectivity index (χ0n) is 15.3. The van der Waals surface area contributed by atoms with Gasteiger partial charge in [0.2, 0.25) is 11.5 Å².